The van der Waals surface area contributed by atoms with Crippen molar-refractivity contribution >= 4 is 10.4 Å². The SMILES string of the molecule is CCCCCCCCC(CCCCCC)COS(=O)(=O)O.CCN(CC)CC. The number of rotatable bonds is 18. The van der Waals surface area contributed by atoms with Crippen LogP contribution in [0.5, 0.6) is 0 Å². The van der Waals surface area contributed by atoms with Crippen LogP contribution in [0.25, 0.3) is 0 Å². The Labute approximate surface area is 176 Å². The highest BCUT2D eigenvalue weighted by molar-refractivity contribution is 7.80. The average Bonchev–Trinajstić information content (AvgIpc) is 2.66. The second-order valence-electron chi connectivity index (χ2n) is 7.60. The molecule has 0 aromatic heterocycles. The number of hydrogen-bond acceptors (Lipinski definition) is 4. The van der Waals surface area contributed by atoms with E-state index in [4.69, 9.17) is 4.55 Å². The summed E-state index contributed by atoms with van der Waals surface area (Å²) in [5.74, 6) is 0.245. The molecule has 1 N–H and O–H groups in total. The first-order valence-corrected chi connectivity index (χ1v) is 13.0. The van der Waals surface area contributed by atoms with Crippen LogP contribution in [0.2, 0.25) is 0 Å². The molecule has 0 aliphatic carbocycles. The van der Waals surface area contributed by atoms with Crippen molar-refractivity contribution in [2.75, 3.05) is 26.2 Å². The topological polar surface area (TPSA) is 66.8 Å². The van der Waals surface area contributed by atoms with Gasteiger partial charge in [-0.05, 0) is 38.4 Å². The van der Waals surface area contributed by atoms with Gasteiger partial charge < -0.3 is 4.90 Å². The lowest BCUT2D eigenvalue weighted by molar-refractivity contribution is 0.204. The molecular formula is C22H49NO4S. The molecule has 0 spiro atoms. The maximum atomic E-state index is 10.7. The van der Waals surface area contributed by atoms with Crippen molar-refractivity contribution in [3.05, 3.63) is 0 Å². The summed E-state index contributed by atoms with van der Waals surface area (Å²) >= 11 is 0. The van der Waals surface area contributed by atoms with Gasteiger partial charge in [0.25, 0.3) is 0 Å². The molecule has 1 atom stereocenters. The van der Waals surface area contributed by atoms with Crippen LogP contribution in [0, 0.1) is 5.92 Å². The van der Waals surface area contributed by atoms with Crippen molar-refractivity contribution in [3.63, 3.8) is 0 Å². The third kappa shape index (κ3) is 23.9. The molecule has 0 saturated heterocycles. The molecule has 0 aliphatic heterocycles. The smallest absolute Gasteiger partial charge is 0.304 e. The van der Waals surface area contributed by atoms with Crippen LogP contribution in [0.4, 0.5) is 0 Å². The minimum atomic E-state index is -4.30. The van der Waals surface area contributed by atoms with Gasteiger partial charge in [-0.2, -0.15) is 8.42 Å². The Kier molecular flexibility index (Phi) is 23.1. The summed E-state index contributed by atoms with van der Waals surface area (Å²) in [4.78, 5) is 2.38. The van der Waals surface area contributed by atoms with E-state index in [0.29, 0.717) is 0 Å². The summed E-state index contributed by atoms with van der Waals surface area (Å²) in [7, 11) is -4.30. The van der Waals surface area contributed by atoms with E-state index in [9.17, 15) is 8.42 Å². The predicted molar refractivity (Wildman–Crippen MR) is 121 cm³/mol. The lowest BCUT2D eigenvalue weighted by atomic mass is 9.95. The highest BCUT2D eigenvalue weighted by Gasteiger charge is 2.13. The summed E-state index contributed by atoms with van der Waals surface area (Å²) in [6.45, 7) is 14.6. The molecule has 0 aromatic carbocycles. The first-order valence-electron chi connectivity index (χ1n) is 11.7. The summed E-state index contributed by atoms with van der Waals surface area (Å²) in [5, 5.41) is 0. The van der Waals surface area contributed by atoms with Crippen molar-refractivity contribution in [2.45, 2.75) is 112 Å². The molecule has 5 nitrogen and oxygen atoms in total. The third-order valence-electron chi connectivity index (χ3n) is 5.23. The zero-order chi connectivity index (χ0) is 21.7. The molecule has 1 unspecified atom stereocenters. The molecule has 0 rings (SSSR count). The quantitative estimate of drug-likeness (QED) is 0.201. The normalized spacial score (nSPS) is 12.7. The van der Waals surface area contributed by atoms with Gasteiger partial charge in [-0.1, -0.05) is 98.8 Å². The van der Waals surface area contributed by atoms with Gasteiger partial charge in [-0.15, -0.1) is 0 Å². The fourth-order valence-corrected chi connectivity index (χ4v) is 3.60. The van der Waals surface area contributed by atoms with Crippen LogP contribution in [0.3, 0.4) is 0 Å². The van der Waals surface area contributed by atoms with Crippen molar-refractivity contribution < 1.29 is 17.2 Å². The second kappa shape index (κ2) is 21.5. The van der Waals surface area contributed by atoms with E-state index in [-0.39, 0.29) is 12.5 Å². The van der Waals surface area contributed by atoms with Gasteiger partial charge >= 0.3 is 10.4 Å². The van der Waals surface area contributed by atoms with E-state index in [2.05, 4.69) is 43.7 Å². The van der Waals surface area contributed by atoms with E-state index in [0.717, 1.165) is 25.7 Å². The van der Waals surface area contributed by atoms with Crippen molar-refractivity contribution in [1.82, 2.24) is 4.90 Å². The molecule has 0 saturated carbocycles. The van der Waals surface area contributed by atoms with Gasteiger partial charge in [0.2, 0.25) is 0 Å². The molecule has 0 aromatic rings. The molecule has 0 heterocycles. The fourth-order valence-electron chi connectivity index (χ4n) is 3.24. The standard InChI is InChI=1S/C16H34O4S.C6H15N/c1-3-5-7-9-10-12-14-16(13-11-8-6-4-2)15-20-21(17,18)19;1-4-7(5-2)6-3/h16H,3-15H2,1-2H3,(H,17,18,19);4-6H2,1-3H3. The van der Waals surface area contributed by atoms with Crippen LogP contribution in [-0.4, -0.2) is 44.1 Å². The van der Waals surface area contributed by atoms with Gasteiger partial charge in [-0.25, -0.2) is 4.18 Å². The molecule has 0 aliphatic rings. The first-order chi connectivity index (χ1) is 13.3. The molecular weight excluding hydrogens is 374 g/mol. The lowest BCUT2D eigenvalue weighted by Gasteiger charge is -2.15. The zero-order valence-corrected chi connectivity index (χ0v) is 20.2. The van der Waals surface area contributed by atoms with Crippen molar-refractivity contribution in [2.24, 2.45) is 5.92 Å². The molecule has 0 amide bonds. The Bertz CT molecular complexity index is 392. The molecule has 28 heavy (non-hydrogen) atoms. The summed E-state index contributed by atoms with van der Waals surface area (Å²) in [5.41, 5.74) is 0. The second-order valence-corrected chi connectivity index (χ2v) is 8.69. The number of hydrogen-bond donors (Lipinski definition) is 1. The fraction of sp³-hybridized carbons (Fsp3) is 1.00. The Morgan fingerprint density at radius 3 is 1.46 bits per heavy atom. The highest BCUT2D eigenvalue weighted by Crippen LogP contribution is 2.19. The van der Waals surface area contributed by atoms with E-state index < -0.39 is 10.4 Å². The van der Waals surface area contributed by atoms with E-state index in [1.165, 1.54) is 71.0 Å². The predicted octanol–water partition coefficient (Wildman–Crippen LogP) is 6.49. The Morgan fingerprint density at radius 2 is 1.11 bits per heavy atom. The van der Waals surface area contributed by atoms with Crippen LogP contribution < -0.4 is 0 Å². The monoisotopic (exact) mass is 423 g/mol. The lowest BCUT2D eigenvalue weighted by Crippen LogP contribution is -2.21. The van der Waals surface area contributed by atoms with Crippen LogP contribution in [0.1, 0.15) is 112 Å². The van der Waals surface area contributed by atoms with Crippen LogP contribution in [0.15, 0.2) is 0 Å². The Balaban J connectivity index is 0. The zero-order valence-electron chi connectivity index (χ0n) is 19.4. The molecule has 0 radical (unpaired) electrons. The van der Waals surface area contributed by atoms with Crippen molar-refractivity contribution in [3.8, 4) is 0 Å². The van der Waals surface area contributed by atoms with Crippen molar-refractivity contribution in [1.29, 1.82) is 0 Å². The van der Waals surface area contributed by atoms with Gasteiger partial charge in [0, 0.05) is 0 Å². The number of nitrogens with zero attached hydrogens (tertiary/aromatic N) is 1. The minimum Gasteiger partial charge on any atom is -0.304 e. The van der Waals surface area contributed by atoms with Crippen LogP contribution >= 0.6 is 0 Å². The summed E-state index contributed by atoms with van der Waals surface area (Å²) < 4.78 is 34.7. The van der Waals surface area contributed by atoms with E-state index >= 15 is 0 Å². The summed E-state index contributed by atoms with van der Waals surface area (Å²) in [6.07, 6.45) is 14.1. The van der Waals surface area contributed by atoms with Gasteiger partial charge in [0.05, 0.1) is 6.61 Å². The molecule has 6 heteroatoms. The largest absolute Gasteiger partial charge is 0.397 e. The first kappa shape index (κ1) is 30.0. The Hall–Kier alpha value is -0.170. The number of unbranched alkanes of at least 4 members (excludes halogenated alkanes) is 8. The molecule has 0 bridgehead atoms. The third-order valence-corrected chi connectivity index (χ3v) is 5.66. The van der Waals surface area contributed by atoms with Gasteiger partial charge in [0.15, 0.2) is 0 Å². The van der Waals surface area contributed by atoms with Gasteiger partial charge in [0.1, 0.15) is 0 Å². The van der Waals surface area contributed by atoms with Gasteiger partial charge in [-0.3, -0.25) is 4.55 Å². The summed E-state index contributed by atoms with van der Waals surface area (Å²) in [6, 6.07) is 0. The van der Waals surface area contributed by atoms with E-state index in [1.54, 1.807) is 0 Å². The molecule has 0 fully saturated rings. The minimum absolute atomic E-state index is 0.125. The molecule has 172 valence electrons. The van der Waals surface area contributed by atoms with E-state index in [1.807, 2.05) is 0 Å². The average molecular weight is 424 g/mol. The maximum absolute atomic E-state index is 10.7. The highest BCUT2D eigenvalue weighted by atomic mass is 32.3. The Morgan fingerprint density at radius 1 is 0.714 bits per heavy atom. The maximum Gasteiger partial charge on any atom is 0.397 e. The van der Waals surface area contributed by atoms with Crippen LogP contribution in [-0.2, 0) is 14.6 Å².